The molecule has 0 aliphatic rings. The molecule has 4 heteroatoms. The lowest BCUT2D eigenvalue weighted by Gasteiger charge is -2.04. The van der Waals surface area contributed by atoms with Crippen LogP contribution in [0.3, 0.4) is 0 Å². The standard InChI is InChI=1S/C13H14BrNO2/c1-9-5-12(17-13(9)7-15)8-16-11-4-2-3-10(14)6-11/h2-6H,7-8,15H2,1H3. The number of ether oxygens (including phenoxy) is 1. The van der Waals surface area contributed by atoms with Gasteiger partial charge in [-0.2, -0.15) is 0 Å². The molecular formula is C13H14BrNO2. The fourth-order valence-electron chi connectivity index (χ4n) is 1.58. The van der Waals surface area contributed by atoms with Crippen LogP contribution < -0.4 is 10.5 Å². The molecule has 0 aliphatic carbocycles. The van der Waals surface area contributed by atoms with E-state index in [4.69, 9.17) is 14.9 Å². The van der Waals surface area contributed by atoms with Crippen molar-refractivity contribution in [3.8, 4) is 5.75 Å². The van der Waals surface area contributed by atoms with Crippen molar-refractivity contribution in [2.24, 2.45) is 5.73 Å². The Morgan fingerprint density at radius 1 is 1.35 bits per heavy atom. The van der Waals surface area contributed by atoms with E-state index in [0.29, 0.717) is 13.2 Å². The molecule has 2 rings (SSSR count). The summed E-state index contributed by atoms with van der Waals surface area (Å²) in [5.41, 5.74) is 6.62. The Morgan fingerprint density at radius 3 is 2.82 bits per heavy atom. The van der Waals surface area contributed by atoms with Crippen LogP contribution in [0.1, 0.15) is 17.1 Å². The SMILES string of the molecule is Cc1cc(COc2cccc(Br)c2)oc1CN. The van der Waals surface area contributed by atoms with Gasteiger partial charge >= 0.3 is 0 Å². The second kappa shape index (κ2) is 5.38. The molecule has 1 heterocycles. The topological polar surface area (TPSA) is 48.4 Å². The van der Waals surface area contributed by atoms with Crippen LogP contribution in [0.15, 0.2) is 39.2 Å². The molecule has 0 unspecified atom stereocenters. The first kappa shape index (κ1) is 12.2. The van der Waals surface area contributed by atoms with Gasteiger partial charge in [-0.3, -0.25) is 0 Å². The summed E-state index contributed by atoms with van der Waals surface area (Å²) in [7, 11) is 0. The number of nitrogens with two attached hydrogens (primary N) is 1. The largest absolute Gasteiger partial charge is 0.486 e. The summed E-state index contributed by atoms with van der Waals surface area (Å²) in [6.45, 7) is 2.81. The molecule has 2 N–H and O–H groups in total. The highest BCUT2D eigenvalue weighted by atomic mass is 79.9. The van der Waals surface area contributed by atoms with Crippen LogP contribution >= 0.6 is 15.9 Å². The molecule has 2 aromatic rings. The summed E-state index contributed by atoms with van der Waals surface area (Å²) in [6.07, 6.45) is 0. The quantitative estimate of drug-likeness (QED) is 0.940. The number of hydrogen-bond donors (Lipinski definition) is 1. The Kier molecular flexibility index (Phi) is 3.86. The number of aryl methyl sites for hydroxylation is 1. The third kappa shape index (κ3) is 3.11. The minimum absolute atomic E-state index is 0.414. The normalized spacial score (nSPS) is 10.5. The predicted molar refractivity (Wildman–Crippen MR) is 69.8 cm³/mol. The Balaban J connectivity index is 2.02. The monoisotopic (exact) mass is 295 g/mol. The number of furan rings is 1. The lowest BCUT2D eigenvalue weighted by atomic mass is 10.2. The van der Waals surface area contributed by atoms with Crippen LogP contribution in [-0.2, 0) is 13.2 Å². The molecular weight excluding hydrogens is 282 g/mol. The molecule has 0 aliphatic heterocycles. The molecule has 17 heavy (non-hydrogen) atoms. The molecule has 1 aromatic carbocycles. The van der Waals surface area contributed by atoms with Crippen LogP contribution in [0.4, 0.5) is 0 Å². The smallest absolute Gasteiger partial charge is 0.146 e. The van der Waals surface area contributed by atoms with Gasteiger partial charge in [0.25, 0.3) is 0 Å². The molecule has 0 saturated carbocycles. The highest BCUT2D eigenvalue weighted by Crippen LogP contribution is 2.20. The summed E-state index contributed by atoms with van der Waals surface area (Å²) < 4.78 is 12.2. The van der Waals surface area contributed by atoms with E-state index in [1.54, 1.807) is 0 Å². The molecule has 0 amide bonds. The predicted octanol–water partition coefficient (Wildman–Crippen LogP) is 3.39. The van der Waals surface area contributed by atoms with Crippen molar-refractivity contribution in [3.05, 3.63) is 51.9 Å². The average molecular weight is 296 g/mol. The summed E-state index contributed by atoms with van der Waals surface area (Å²) in [5.74, 6) is 2.42. The number of halogens is 1. The molecule has 0 atom stereocenters. The van der Waals surface area contributed by atoms with E-state index in [9.17, 15) is 0 Å². The van der Waals surface area contributed by atoms with E-state index in [-0.39, 0.29) is 0 Å². The maximum absolute atomic E-state index is 5.62. The zero-order valence-electron chi connectivity index (χ0n) is 9.57. The lowest BCUT2D eigenvalue weighted by Crippen LogP contribution is -1.96. The zero-order valence-corrected chi connectivity index (χ0v) is 11.2. The maximum Gasteiger partial charge on any atom is 0.146 e. The van der Waals surface area contributed by atoms with E-state index < -0.39 is 0 Å². The van der Waals surface area contributed by atoms with Crippen molar-refractivity contribution >= 4 is 15.9 Å². The fraction of sp³-hybridized carbons (Fsp3) is 0.231. The van der Waals surface area contributed by atoms with Gasteiger partial charge < -0.3 is 14.9 Å². The van der Waals surface area contributed by atoms with Gasteiger partial charge in [0.05, 0.1) is 6.54 Å². The van der Waals surface area contributed by atoms with Gasteiger partial charge in [0.1, 0.15) is 23.9 Å². The Morgan fingerprint density at radius 2 is 2.18 bits per heavy atom. The van der Waals surface area contributed by atoms with E-state index in [0.717, 1.165) is 27.3 Å². The van der Waals surface area contributed by atoms with Crippen LogP contribution in [0.5, 0.6) is 5.75 Å². The molecule has 3 nitrogen and oxygen atoms in total. The number of rotatable bonds is 4. The van der Waals surface area contributed by atoms with E-state index in [1.807, 2.05) is 37.3 Å². The van der Waals surface area contributed by atoms with Crippen LogP contribution in [0.25, 0.3) is 0 Å². The van der Waals surface area contributed by atoms with Crippen molar-refractivity contribution < 1.29 is 9.15 Å². The van der Waals surface area contributed by atoms with Gasteiger partial charge in [-0.05, 0) is 36.8 Å². The Hall–Kier alpha value is -1.26. The first-order valence-corrected chi connectivity index (χ1v) is 6.15. The highest BCUT2D eigenvalue weighted by molar-refractivity contribution is 9.10. The third-order valence-electron chi connectivity index (χ3n) is 2.43. The molecule has 0 fully saturated rings. The minimum atomic E-state index is 0.414. The molecule has 0 spiro atoms. The van der Waals surface area contributed by atoms with Crippen molar-refractivity contribution in [2.45, 2.75) is 20.1 Å². The molecule has 0 bridgehead atoms. The summed E-state index contributed by atoms with van der Waals surface area (Å²) >= 11 is 3.40. The minimum Gasteiger partial charge on any atom is -0.486 e. The average Bonchev–Trinajstić information content (AvgIpc) is 2.67. The highest BCUT2D eigenvalue weighted by Gasteiger charge is 2.06. The van der Waals surface area contributed by atoms with Gasteiger partial charge in [0.15, 0.2) is 0 Å². The second-order valence-electron chi connectivity index (χ2n) is 3.77. The van der Waals surface area contributed by atoms with E-state index >= 15 is 0 Å². The van der Waals surface area contributed by atoms with Crippen LogP contribution in [-0.4, -0.2) is 0 Å². The van der Waals surface area contributed by atoms with Crippen molar-refractivity contribution in [1.82, 2.24) is 0 Å². The third-order valence-corrected chi connectivity index (χ3v) is 2.93. The molecule has 90 valence electrons. The first-order valence-electron chi connectivity index (χ1n) is 5.35. The lowest BCUT2D eigenvalue weighted by molar-refractivity contribution is 0.266. The summed E-state index contributed by atoms with van der Waals surface area (Å²) in [6, 6.07) is 9.67. The Bertz CT molecular complexity index is 508. The molecule has 0 saturated heterocycles. The maximum atomic E-state index is 5.62. The summed E-state index contributed by atoms with van der Waals surface area (Å²) in [4.78, 5) is 0. The van der Waals surface area contributed by atoms with Gasteiger partial charge in [0.2, 0.25) is 0 Å². The second-order valence-corrected chi connectivity index (χ2v) is 4.68. The van der Waals surface area contributed by atoms with Gasteiger partial charge in [-0.15, -0.1) is 0 Å². The van der Waals surface area contributed by atoms with Gasteiger partial charge in [-0.25, -0.2) is 0 Å². The van der Waals surface area contributed by atoms with Gasteiger partial charge in [0, 0.05) is 4.47 Å². The fourth-order valence-corrected chi connectivity index (χ4v) is 1.95. The van der Waals surface area contributed by atoms with Crippen LogP contribution in [0, 0.1) is 6.92 Å². The van der Waals surface area contributed by atoms with Crippen LogP contribution in [0.2, 0.25) is 0 Å². The Labute approximate surface area is 109 Å². The van der Waals surface area contributed by atoms with Crippen molar-refractivity contribution in [3.63, 3.8) is 0 Å². The molecule has 0 radical (unpaired) electrons. The zero-order chi connectivity index (χ0) is 12.3. The van der Waals surface area contributed by atoms with E-state index in [1.165, 1.54) is 0 Å². The number of hydrogen-bond acceptors (Lipinski definition) is 3. The first-order chi connectivity index (χ1) is 8.19. The van der Waals surface area contributed by atoms with Crippen molar-refractivity contribution in [2.75, 3.05) is 0 Å². The van der Waals surface area contributed by atoms with E-state index in [2.05, 4.69) is 15.9 Å². The van der Waals surface area contributed by atoms with Gasteiger partial charge in [-0.1, -0.05) is 22.0 Å². The summed E-state index contributed by atoms with van der Waals surface area (Å²) in [5, 5.41) is 0. The van der Waals surface area contributed by atoms with Crippen molar-refractivity contribution in [1.29, 1.82) is 0 Å². The molecule has 1 aromatic heterocycles. The number of benzene rings is 1.